The van der Waals surface area contributed by atoms with Gasteiger partial charge in [0.15, 0.2) is 8.32 Å². The van der Waals surface area contributed by atoms with Gasteiger partial charge in [0.25, 0.3) is 0 Å². The van der Waals surface area contributed by atoms with Gasteiger partial charge in [-0.25, -0.2) is 0 Å². The molecule has 0 bridgehead atoms. The Labute approximate surface area is 126 Å². The summed E-state index contributed by atoms with van der Waals surface area (Å²) in [5, 5.41) is 0.270. The van der Waals surface area contributed by atoms with Crippen molar-refractivity contribution in [2.24, 2.45) is 5.41 Å². The molecule has 0 unspecified atom stereocenters. The molecule has 0 saturated heterocycles. The fraction of sp³-hybridized carbons (Fsp3) is 0.556. The minimum atomic E-state index is -1.66. The van der Waals surface area contributed by atoms with Gasteiger partial charge in [-0.15, -0.1) is 0 Å². The lowest BCUT2D eigenvalue weighted by molar-refractivity contribution is 0.203. The minimum absolute atomic E-state index is 0.0609. The first-order valence-corrected chi connectivity index (χ1v) is 10.3. The highest BCUT2D eigenvalue weighted by Gasteiger charge is 2.38. The molecule has 0 aromatic heterocycles. The Morgan fingerprint density at radius 2 is 1.55 bits per heavy atom. The van der Waals surface area contributed by atoms with Crippen LogP contribution >= 0.6 is 0 Å². The first kappa shape index (κ1) is 17.2. The van der Waals surface area contributed by atoms with Gasteiger partial charge in [0.1, 0.15) is 0 Å². The first-order chi connectivity index (χ1) is 9.04. The van der Waals surface area contributed by atoms with E-state index < -0.39 is 8.32 Å². The SMILES string of the molecule is CC(C)(/C=C\c1ccccc1)CO[Si](C)(C)C(C)(C)C. The highest BCUT2D eigenvalue weighted by Crippen LogP contribution is 2.37. The van der Waals surface area contributed by atoms with E-state index in [1.807, 2.05) is 6.07 Å². The Morgan fingerprint density at radius 1 is 1.00 bits per heavy atom. The molecule has 112 valence electrons. The molecule has 0 aliphatic rings. The molecule has 1 aromatic carbocycles. The van der Waals surface area contributed by atoms with Crippen molar-refractivity contribution in [1.82, 2.24) is 0 Å². The summed E-state index contributed by atoms with van der Waals surface area (Å²) < 4.78 is 6.33. The van der Waals surface area contributed by atoms with Gasteiger partial charge < -0.3 is 4.43 Å². The summed E-state index contributed by atoms with van der Waals surface area (Å²) in [6, 6.07) is 10.4. The molecule has 0 amide bonds. The lowest BCUT2D eigenvalue weighted by Gasteiger charge is -2.38. The Morgan fingerprint density at radius 3 is 2.05 bits per heavy atom. The van der Waals surface area contributed by atoms with Gasteiger partial charge >= 0.3 is 0 Å². The first-order valence-electron chi connectivity index (χ1n) is 7.42. The van der Waals surface area contributed by atoms with Crippen LogP contribution in [0.2, 0.25) is 18.1 Å². The molecule has 0 aliphatic carbocycles. The average Bonchev–Trinajstić information content (AvgIpc) is 2.34. The zero-order valence-electron chi connectivity index (χ0n) is 14.2. The van der Waals surface area contributed by atoms with Crippen LogP contribution in [0.1, 0.15) is 40.2 Å². The van der Waals surface area contributed by atoms with E-state index in [0.29, 0.717) is 0 Å². The van der Waals surface area contributed by atoms with Crippen LogP contribution in [0, 0.1) is 5.41 Å². The molecular weight excluding hydrogens is 260 g/mol. The van der Waals surface area contributed by atoms with Crippen molar-refractivity contribution in [3.8, 4) is 0 Å². The summed E-state index contributed by atoms with van der Waals surface area (Å²) in [6.45, 7) is 16.7. The van der Waals surface area contributed by atoms with Crippen LogP contribution in [0.5, 0.6) is 0 Å². The summed E-state index contributed by atoms with van der Waals surface area (Å²) >= 11 is 0. The molecule has 20 heavy (non-hydrogen) atoms. The second-order valence-electron chi connectivity index (χ2n) is 7.78. The van der Waals surface area contributed by atoms with Crippen molar-refractivity contribution >= 4 is 14.4 Å². The standard InChI is InChI=1S/C18H30OSi/c1-17(2,3)20(6,7)19-15-18(4,5)14-13-16-11-9-8-10-12-16/h8-14H,15H2,1-7H3/b14-13-. The van der Waals surface area contributed by atoms with Crippen LogP contribution in [0.4, 0.5) is 0 Å². The maximum absolute atomic E-state index is 6.33. The second-order valence-corrected chi connectivity index (χ2v) is 12.6. The fourth-order valence-corrected chi connectivity index (χ4v) is 2.68. The van der Waals surface area contributed by atoms with E-state index in [1.54, 1.807) is 0 Å². The molecular formula is C18H30OSi. The molecule has 2 heteroatoms. The molecule has 0 heterocycles. The van der Waals surface area contributed by atoms with Crippen LogP contribution in [0.15, 0.2) is 36.4 Å². The fourth-order valence-electron chi connectivity index (χ4n) is 1.52. The van der Waals surface area contributed by atoms with Crippen molar-refractivity contribution in [1.29, 1.82) is 0 Å². The van der Waals surface area contributed by atoms with Crippen LogP contribution in [-0.4, -0.2) is 14.9 Å². The predicted molar refractivity (Wildman–Crippen MR) is 92.4 cm³/mol. The van der Waals surface area contributed by atoms with E-state index in [1.165, 1.54) is 5.56 Å². The molecule has 1 rings (SSSR count). The van der Waals surface area contributed by atoms with Crippen LogP contribution in [-0.2, 0) is 4.43 Å². The Kier molecular flexibility index (Phi) is 5.39. The second kappa shape index (κ2) is 6.27. The van der Waals surface area contributed by atoms with Crippen LogP contribution in [0.25, 0.3) is 6.08 Å². The molecule has 0 atom stereocenters. The molecule has 0 spiro atoms. The number of hydrogen-bond acceptors (Lipinski definition) is 1. The zero-order chi connectivity index (χ0) is 15.4. The quantitative estimate of drug-likeness (QED) is 0.628. The van der Waals surface area contributed by atoms with Crippen molar-refractivity contribution in [2.75, 3.05) is 6.61 Å². The van der Waals surface area contributed by atoms with Crippen LogP contribution in [0.3, 0.4) is 0 Å². The third-order valence-corrected chi connectivity index (χ3v) is 8.62. The summed E-state index contributed by atoms with van der Waals surface area (Å²) in [6.07, 6.45) is 4.45. The molecule has 0 radical (unpaired) electrons. The van der Waals surface area contributed by atoms with E-state index in [2.05, 4.69) is 84.1 Å². The van der Waals surface area contributed by atoms with Gasteiger partial charge in [-0.1, -0.05) is 77.1 Å². The lowest BCUT2D eigenvalue weighted by atomic mass is 9.93. The number of hydrogen-bond donors (Lipinski definition) is 0. The van der Waals surface area contributed by atoms with Gasteiger partial charge in [-0.2, -0.15) is 0 Å². The van der Waals surface area contributed by atoms with Gasteiger partial charge in [0.05, 0.1) is 0 Å². The minimum Gasteiger partial charge on any atom is -0.416 e. The monoisotopic (exact) mass is 290 g/mol. The Hall–Kier alpha value is -0.863. The van der Waals surface area contributed by atoms with Crippen molar-refractivity contribution in [2.45, 2.75) is 52.8 Å². The highest BCUT2D eigenvalue weighted by atomic mass is 28.4. The van der Waals surface area contributed by atoms with Crippen molar-refractivity contribution in [3.05, 3.63) is 42.0 Å². The number of benzene rings is 1. The normalized spacial score (nSPS) is 13.9. The van der Waals surface area contributed by atoms with E-state index in [-0.39, 0.29) is 10.5 Å². The van der Waals surface area contributed by atoms with E-state index in [9.17, 15) is 0 Å². The van der Waals surface area contributed by atoms with E-state index >= 15 is 0 Å². The van der Waals surface area contributed by atoms with Crippen LogP contribution < -0.4 is 0 Å². The molecule has 0 aliphatic heterocycles. The Balaban J connectivity index is 2.65. The van der Waals surface area contributed by atoms with E-state index in [4.69, 9.17) is 4.43 Å². The molecule has 1 aromatic rings. The third kappa shape index (κ3) is 5.26. The third-order valence-electron chi connectivity index (χ3n) is 4.14. The molecule has 0 N–H and O–H groups in total. The van der Waals surface area contributed by atoms with E-state index in [0.717, 1.165) is 6.61 Å². The summed E-state index contributed by atoms with van der Waals surface area (Å²) in [4.78, 5) is 0. The zero-order valence-corrected chi connectivity index (χ0v) is 15.2. The predicted octanol–water partition coefficient (Wildman–Crippen LogP) is 5.75. The van der Waals surface area contributed by atoms with Gasteiger partial charge in [-0.05, 0) is 23.7 Å². The maximum Gasteiger partial charge on any atom is 0.192 e. The molecule has 0 saturated carbocycles. The summed E-state index contributed by atoms with van der Waals surface area (Å²) in [7, 11) is -1.66. The highest BCUT2D eigenvalue weighted by molar-refractivity contribution is 6.74. The Bertz CT molecular complexity index is 438. The van der Waals surface area contributed by atoms with Gasteiger partial charge in [0, 0.05) is 12.0 Å². The van der Waals surface area contributed by atoms with Gasteiger partial charge in [-0.3, -0.25) is 0 Å². The average molecular weight is 291 g/mol. The topological polar surface area (TPSA) is 9.23 Å². The summed E-state index contributed by atoms with van der Waals surface area (Å²) in [5.74, 6) is 0. The number of rotatable bonds is 5. The molecule has 1 nitrogen and oxygen atoms in total. The maximum atomic E-state index is 6.33. The van der Waals surface area contributed by atoms with Gasteiger partial charge in [0.2, 0.25) is 0 Å². The largest absolute Gasteiger partial charge is 0.416 e. The smallest absolute Gasteiger partial charge is 0.192 e. The van der Waals surface area contributed by atoms with Crippen molar-refractivity contribution < 1.29 is 4.43 Å². The summed E-state index contributed by atoms with van der Waals surface area (Å²) in [5.41, 5.74) is 1.30. The van der Waals surface area contributed by atoms with Crippen molar-refractivity contribution in [3.63, 3.8) is 0 Å². The molecule has 0 fully saturated rings. The lowest BCUT2D eigenvalue weighted by Crippen LogP contribution is -2.42.